The monoisotopic (exact) mass is 349 g/mol. The standard InChI is InChI=1S/C19H22F3N3/c1-15-3-5-16(6-4-15)14-24-9-2-10-25(12-11-24)18-8-7-17(13-23-18)19(20,21)22/h3-8,13H,2,9-12,14H2,1H3. The van der Waals surface area contributed by atoms with Gasteiger partial charge in [-0.15, -0.1) is 0 Å². The zero-order valence-electron chi connectivity index (χ0n) is 14.3. The summed E-state index contributed by atoms with van der Waals surface area (Å²) in [6.07, 6.45) is -2.45. The summed E-state index contributed by atoms with van der Waals surface area (Å²) >= 11 is 0. The van der Waals surface area contributed by atoms with Gasteiger partial charge >= 0.3 is 6.18 Å². The number of alkyl halides is 3. The van der Waals surface area contributed by atoms with Crippen molar-refractivity contribution in [1.29, 1.82) is 0 Å². The number of pyridine rings is 1. The molecule has 0 aliphatic carbocycles. The topological polar surface area (TPSA) is 19.4 Å². The minimum atomic E-state index is -4.34. The fourth-order valence-corrected chi connectivity index (χ4v) is 3.05. The minimum Gasteiger partial charge on any atom is -0.355 e. The van der Waals surface area contributed by atoms with Gasteiger partial charge in [-0.1, -0.05) is 29.8 Å². The Labute approximate surface area is 146 Å². The molecule has 25 heavy (non-hydrogen) atoms. The molecule has 1 aromatic carbocycles. The van der Waals surface area contributed by atoms with Gasteiger partial charge in [-0.05, 0) is 31.0 Å². The van der Waals surface area contributed by atoms with E-state index in [0.717, 1.165) is 51.4 Å². The van der Waals surface area contributed by atoms with Gasteiger partial charge < -0.3 is 4.90 Å². The molecule has 1 aliphatic heterocycles. The van der Waals surface area contributed by atoms with E-state index >= 15 is 0 Å². The third kappa shape index (κ3) is 4.72. The summed E-state index contributed by atoms with van der Waals surface area (Å²) in [5.74, 6) is 0.616. The van der Waals surface area contributed by atoms with Gasteiger partial charge in [0.2, 0.25) is 0 Å². The van der Waals surface area contributed by atoms with Crippen LogP contribution in [0.3, 0.4) is 0 Å². The summed E-state index contributed by atoms with van der Waals surface area (Å²) in [5, 5.41) is 0. The first-order chi connectivity index (χ1) is 11.9. The van der Waals surface area contributed by atoms with Crippen LogP contribution < -0.4 is 4.90 Å². The van der Waals surface area contributed by atoms with Crippen molar-refractivity contribution in [2.24, 2.45) is 0 Å². The van der Waals surface area contributed by atoms with Crippen LogP contribution in [0.4, 0.5) is 19.0 Å². The Morgan fingerprint density at radius 2 is 1.72 bits per heavy atom. The van der Waals surface area contributed by atoms with Crippen LogP contribution in [0.1, 0.15) is 23.1 Å². The Bertz CT molecular complexity index is 681. The third-order valence-corrected chi connectivity index (χ3v) is 4.51. The van der Waals surface area contributed by atoms with Crippen molar-refractivity contribution in [3.8, 4) is 0 Å². The zero-order valence-corrected chi connectivity index (χ0v) is 14.3. The van der Waals surface area contributed by atoms with Crippen LogP contribution >= 0.6 is 0 Å². The fraction of sp³-hybridized carbons (Fsp3) is 0.421. The first-order valence-electron chi connectivity index (χ1n) is 8.48. The van der Waals surface area contributed by atoms with Gasteiger partial charge in [0.05, 0.1) is 5.56 Å². The van der Waals surface area contributed by atoms with E-state index in [2.05, 4.69) is 46.0 Å². The van der Waals surface area contributed by atoms with E-state index in [9.17, 15) is 13.2 Å². The van der Waals surface area contributed by atoms with Gasteiger partial charge in [-0.3, -0.25) is 4.90 Å². The number of aromatic nitrogens is 1. The number of hydrogen-bond donors (Lipinski definition) is 0. The lowest BCUT2D eigenvalue weighted by atomic mass is 10.1. The van der Waals surface area contributed by atoms with Gasteiger partial charge in [0, 0.05) is 38.9 Å². The molecule has 3 nitrogen and oxygen atoms in total. The van der Waals surface area contributed by atoms with Crippen LogP contribution in [0.2, 0.25) is 0 Å². The number of nitrogens with zero attached hydrogens (tertiary/aromatic N) is 3. The minimum absolute atomic E-state index is 0.616. The Kier molecular flexibility index (Phi) is 5.27. The van der Waals surface area contributed by atoms with Crippen molar-refractivity contribution in [3.05, 3.63) is 59.3 Å². The van der Waals surface area contributed by atoms with Crippen molar-refractivity contribution in [3.63, 3.8) is 0 Å². The second kappa shape index (κ2) is 7.44. The van der Waals surface area contributed by atoms with E-state index in [4.69, 9.17) is 0 Å². The molecule has 0 atom stereocenters. The Hall–Kier alpha value is -2.08. The van der Waals surface area contributed by atoms with Gasteiger partial charge in [0.15, 0.2) is 0 Å². The normalized spacial score (nSPS) is 16.7. The van der Waals surface area contributed by atoms with Crippen molar-refractivity contribution >= 4 is 5.82 Å². The lowest BCUT2D eigenvalue weighted by Crippen LogP contribution is -2.31. The summed E-state index contributed by atoms with van der Waals surface area (Å²) < 4.78 is 37.9. The number of anilines is 1. The molecule has 0 saturated carbocycles. The molecule has 0 radical (unpaired) electrons. The third-order valence-electron chi connectivity index (χ3n) is 4.51. The molecule has 0 N–H and O–H groups in total. The maximum Gasteiger partial charge on any atom is 0.417 e. The summed E-state index contributed by atoms with van der Waals surface area (Å²) in [6.45, 7) is 6.40. The molecule has 2 aromatic rings. The van der Waals surface area contributed by atoms with Crippen molar-refractivity contribution in [2.75, 3.05) is 31.1 Å². The lowest BCUT2D eigenvalue weighted by molar-refractivity contribution is -0.137. The predicted octanol–water partition coefficient (Wildman–Crippen LogP) is 4.12. The van der Waals surface area contributed by atoms with Gasteiger partial charge in [-0.25, -0.2) is 4.98 Å². The number of aryl methyl sites for hydroxylation is 1. The van der Waals surface area contributed by atoms with Crippen LogP contribution in [-0.2, 0) is 12.7 Å². The van der Waals surface area contributed by atoms with Crippen molar-refractivity contribution in [2.45, 2.75) is 26.1 Å². The molecule has 3 rings (SSSR count). The Morgan fingerprint density at radius 3 is 2.36 bits per heavy atom. The van der Waals surface area contributed by atoms with Gasteiger partial charge in [-0.2, -0.15) is 13.2 Å². The molecule has 2 heterocycles. The average molecular weight is 349 g/mol. The van der Waals surface area contributed by atoms with E-state index in [0.29, 0.717) is 5.82 Å². The SMILES string of the molecule is Cc1ccc(CN2CCCN(c3ccc(C(F)(F)F)cn3)CC2)cc1. The maximum absolute atomic E-state index is 12.6. The Balaban J connectivity index is 1.60. The van der Waals surface area contributed by atoms with Crippen molar-refractivity contribution in [1.82, 2.24) is 9.88 Å². The van der Waals surface area contributed by atoms with Crippen LogP contribution in [0.5, 0.6) is 0 Å². The molecule has 0 spiro atoms. The zero-order chi connectivity index (χ0) is 17.9. The van der Waals surface area contributed by atoms with E-state index < -0.39 is 11.7 Å². The molecule has 0 amide bonds. The smallest absolute Gasteiger partial charge is 0.355 e. The summed E-state index contributed by atoms with van der Waals surface area (Å²) in [5.41, 5.74) is 1.83. The van der Waals surface area contributed by atoms with Crippen LogP contribution in [-0.4, -0.2) is 36.1 Å². The summed E-state index contributed by atoms with van der Waals surface area (Å²) in [6, 6.07) is 11.1. The average Bonchev–Trinajstić information content (AvgIpc) is 2.82. The second-order valence-corrected chi connectivity index (χ2v) is 6.51. The molecule has 6 heteroatoms. The number of hydrogen-bond acceptors (Lipinski definition) is 3. The molecule has 1 aliphatic rings. The Morgan fingerprint density at radius 1 is 0.960 bits per heavy atom. The van der Waals surface area contributed by atoms with E-state index in [1.165, 1.54) is 17.2 Å². The second-order valence-electron chi connectivity index (χ2n) is 6.51. The molecular formula is C19H22F3N3. The molecule has 0 bridgehead atoms. The highest BCUT2D eigenvalue weighted by Gasteiger charge is 2.31. The molecule has 0 unspecified atom stereocenters. The first kappa shape index (κ1) is 17.7. The highest BCUT2D eigenvalue weighted by molar-refractivity contribution is 5.40. The van der Waals surface area contributed by atoms with E-state index in [1.807, 2.05) is 0 Å². The molecule has 1 saturated heterocycles. The maximum atomic E-state index is 12.6. The highest BCUT2D eigenvalue weighted by atomic mass is 19.4. The predicted molar refractivity (Wildman–Crippen MR) is 92.5 cm³/mol. The van der Waals surface area contributed by atoms with E-state index in [1.54, 1.807) is 0 Å². The fourth-order valence-electron chi connectivity index (χ4n) is 3.05. The molecule has 1 fully saturated rings. The summed E-state index contributed by atoms with van der Waals surface area (Å²) in [4.78, 5) is 8.47. The van der Waals surface area contributed by atoms with Crippen molar-refractivity contribution < 1.29 is 13.2 Å². The van der Waals surface area contributed by atoms with Crippen LogP contribution in [0.25, 0.3) is 0 Å². The van der Waals surface area contributed by atoms with Crippen LogP contribution in [0.15, 0.2) is 42.6 Å². The summed E-state index contributed by atoms with van der Waals surface area (Å²) in [7, 11) is 0. The number of rotatable bonds is 3. The highest BCUT2D eigenvalue weighted by Crippen LogP contribution is 2.29. The molecular weight excluding hydrogens is 327 g/mol. The lowest BCUT2D eigenvalue weighted by Gasteiger charge is -2.23. The molecule has 134 valence electrons. The first-order valence-corrected chi connectivity index (χ1v) is 8.48. The van der Waals surface area contributed by atoms with Gasteiger partial charge in [0.25, 0.3) is 0 Å². The van der Waals surface area contributed by atoms with Gasteiger partial charge in [0.1, 0.15) is 5.82 Å². The number of benzene rings is 1. The number of halogens is 3. The largest absolute Gasteiger partial charge is 0.417 e. The quantitative estimate of drug-likeness (QED) is 0.831. The van der Waals surface area contributed by atoms with Crippen LogP contribution in [0, 0.1) is 6.92 Å². The molecule has 1 aromatic heterocycles. The van der Waals surface area contributed by atoms with E-state index in [-0.39, 0.29) is 0 Å².